The fraction of sp³-hybridized carbons (Fsp3) is 0.500. The predicted octanol–water partition coefficient (Wildman–Crippen LogP) is 5.77. The summed E-state index contributed by atoms with van der Waals surface area (Å²) in [7, 11) is -4.77. The van der Waals surface area contributed by atoms with Crippen molar-refractivity contribution in [3.63, 3.8) is 0 Å². The second-order valence-electron chi connectivity index (χ2n) is 9.85. The van der Waals surface area contributed by atoms with Gasteiger partial charge in [0.2, 0.25) is 15.9 Å². The predicted molar refractivity (Wildman–Crippen MR) is 141 cm³/mol. The van der Waals surface area contributed by atoms with E-state index in [0.29, 0.717) is 6.42 Å². The van der Waals surface area contributed by atoms with Gasteiger partial charge in [-0.25, -0.2) is 8.42 Å². The fourth-order valence-corrected chi connectivity index (χ4v) is 7.51. The molecule has 38 heavy (non-hydrogen) atoms. The van der Waals surface area contributed by atoms with Gasteiger partial charge in [-0.1, -0.05) is 53.9 Å². The monoisotopic (exact) mass is 591 g/mol. The molecule has 2 aromatic carbocycles. The minimum Gasteiger partial charge on any atom is -0.349 e. The smallest absolute Gasteiger partial charge is 0.349 e. The maximum Gasteiger partial charge on any atom is 0.405 e. The minimum atomic E-state index is -5.02. The van der Waals surface area contributed by atoms with Gasteiger partial charge in [0.1, 0.15) is 10.9 Å². The van der Waals surface area contributed by atoms with E-state index in [9.17, 15) is 26.4 Å². The molecule has 1 fully saturated rings. The second kappa shape index (κ2) is 12.1. The van der Waals surface area contributed by atoms with E-state index in [2.05, 4.69) is 16.3 Å². The molecule has 0 aromatic heterocycles. The zero-order chi connectivity index (χ0) is 27.5. The molecule has 2 N–H and O–H groups in total. The van der Waals surface area contributed by atoms with Gasteiger partial charge < -0.3 is 5.32 Å². The van der Waals surface area contributed by atoms with Crippen LogP contribution in [-0.4, -0.2) is 44.5 Å². The van der Waals surface area contributed by atoms with Crippen LogP contribution in [-0.2, 0) is 27.8 Å². The van der Waals surface area contributed by atoms with Gasteiger partial charge in [0.15, 0.2) is 0 Å². The summed E-state index contributed by atoms with van der Waals surface area (Å²) in [4.78, 5) is 14.5. The quantitative estimate of drug-likeness (QED) is 0.408. The normalized spacial score (nSPS) is 19.6. The number of alkyl halides is 3. The lowest BCUT2D eigenvalue weighted by Gasteiger charge is -2.30. The Morgan fingerprint density at radius 2 is 1.74 bits per heavy atom. The molecule has 1 aliphatic carbocycles. The highest BCUT2D eigenvalue weighted by atomic mass is 35.5. The highest BCUT2D eigenvalue weighted by Gasteiger charge is 2.44. The Hall–Kier alpha value is -1.85. The Morgan fingerprint density at radius 3 is 2.39 bits per heavy atom. The maximum absolute atomic E-state index is 13.8. The third-order valence-electron chi connectivity index (χ3n) is 6.98. The average molecular weight is 593 g/mol. The number of halogens is 5. The zero-order valence-electron chi connectivity index (χ0n) is 20.7. The van der Waals surface area contributed by atoms with E-state index in [0.717, 1.165) is 43.6 Å². The average Bonchev–Trinajstić information content (AvgIpc) is 2.83. The van der Waals surface area contributed by atoms with Crippen molar-refractivity contribution < 1.29 is 26.4 Å². The van der Waals surface area contributed by atoms with Crippen LogP contribution in [0.5, 0.6) is 0 Å². The van der Waals surface area contributed by atoms with Crippen LogP contribution in [0.1, 0.15) is 61.3 Å². The van der Waals surface area contributed by atoms with Gasteiger partial charge in [-0.3, -0.25) is 9.69 Å². The number of fused-ring (bicyclic) bond motifs is 1. The summed E-state index contributed by atoms with van der Waals surface area (Å²) >= 11 is 11.8. The number of carbonyl (C=O) groups is 1. The summed E-state index contributed by atoms with van der Waals surface area (Å²) in [6.45, 7) is 3.00. The molecule has 1 saturated heterocycles. The molecule has 4 rings (SSSR count). The second-order valence-corrected chi connectivity index (χ2v) is 12.3. The molecule has 0 bridgehead atoms. The van der Waals surface area contributed by atoms with Crippen LogP contribution in [0, 0.1) is 0 Å². The third-order valence-corrected chi connectivity index (χ3v) is 9.41. The van der Waals surface area contributed by atoms with Crippen LogP contribution in [0.4, 0.5) is 13.2 Å². The SMILES string of the molecule is O=C(CC(NS(=O)(=O)c1c(Cl)cccc1Cl)C(F)(F)F)N[C@@H]1CCCc2cc(CN3CCCCC3)ccc21. The summed E-state index contributed by atoms with van der Waals surface area (Å²) < 4.78 is 68.4. The van der Waals surface area contributed by atoms with E-state index in [1.807, 2.05) is 12.1 Å². The van der Waals surface area contributed by atoms with Crippen molar-refractivity contribution in [2.45, 2.75) is 74.6 Å². The maximum atomic E-state index is 13.8. The topological polar surface area (TPSA) is 78.5 Å². The number of amides is 1. The molecule has 2 atom stereocenters. The minimum absolute atomic E-state index is 0.325. The largest absolute Gasteiger partial charge is 0.405 e. The van der Waals surface area contributed by atoms with E-state index in [-0.39, 0.29) is 10.0 Å². The molecule has 208 valence electrons. The summed E-state index contributed by atoms with van der Waals surface area (Å²) in [5.41, 5.74) is 3.15. The number of hydrogen-bond acceptors (Lipinski definition) is 4. The van der Waals surface area contributed by atoms with Gasteiger partial charge in [-0.2, -0.15) is 17.9 Å². The molecule has 0 spiro atoms. The molecule has 12 heteroatoms. The van der Waals surface area contributed by atoms with Crippen molar-refractivity contribution in [1.82, 2.24) is 14.9 Å². The number of likely N-dealkylation sites (tertiary alicyclic amines) is 1. The summed E-state index contributed by atoms with van der Waals surface area (Å²) in [5.74, 6) is -0.907. The van der Waals surface area contributed by atoms with Crippen LogP contribution in [0.3, 0.4) is 0 Å². The molecule has 1 unspecified atom stereocenters. The van der Waals surface area contributed by atoms with E-state index < -0.39 is 45.5 Å². The number of sulfonamides is 1. The molecule has 1 heterocycles. The fourth-order valence-electron chi connectivity index (χ4n) is 5.14. The van der Waals surface area contributed by atoms with E-state index in [4.69, 9.17) is 23.2 Å². The van der Waals surface area contributed by atoms with Crippen LogP contribution >= 0.6 is 23.2 Å². The number of rotatable bonds is 8. The van der Waals surface area contributed by atoms with Crippen LogP contribution < -0.4 is 10.0 Å². The Kier molecular flexibility index (Phi) is 9.30. The van der Waals surface area contributed by atoms with Crippen molar-refractivity contribution in [2.75, 3.05) is 13.1 Å². The first-order chi connectivity index (χ1) is 17.9. The number of hydrogen-bond donors (Lipinski definition) is 2. The molecule has 6 nitrogen and oxygen atoms in total. The number of piperidine rings is 1. The molecule has 1 aliphatic heterocycles. The van der Waals surface area contributed by atoms with Gasteiger partial charge >= 0.3 is 6.18 Å². The molecule has 0 saturated carbocycles. The highest BCUT2D eigenvalue weighted by molar-refractivity contribution is 7.89. The Bertz CT molecular complexity index is 1250. The number of aryl methyl sites for hydroxylation is 1. The number of carbonyl (C=O) groups excluding carboxylic acids is 1. The molecule has 1 amide bonds. The van der Waals surface area contributed by atoms with Crippen LogP contribution in [0.25, 0.3) is 0 Å². The lowest BCUT2D eigenvalue weighted by Crippen LogP contribution is -2.48. The van der Waals surface area contributed by atoms with Gasteiger partial charge in [0.25, 0.3) is 0 Å². The summed E-state index contributed by atoms with van der Waals surface area (Å²) in [5, 5.41) is 2.04. The van der Waals surface area contributed by atoms with E-state index >= 15 is 0 Å². The molecular weight excluding hydrogens is 562 g/mol. The first-order valence-electron chi connectivity index (χ1n) is 12.6. The van der Waals surface area contributed by atoms with Gasteiger partial charge in [-0.15, -0.1) is 0 Å². The summed E-state index contributed by atoms with van der Waals surface area (Å²) in [6.07, 6.45) is -0.298. The zero-order valence-corrected chi connectivity index (χ0v) is 23.0. The Balaban J connectivity index is 1.45. The number of nitrogens with one attached hydrogen (secondary N) is 2. The van der Waals surface area contributed by atoms with Gasteiger partial charge in [0, 0.05) is 6.54 Å². The van der Waals surface area contributed by atoms with Crippen molar-refractivity contribution in [3.8, 4) is 0 Å². The van der Waals surface area contributed by atoms with Gasteiger partial charge in [0.05, 0.1) is 22.5 Å². The van der Waals surface area contributed by atoms with Crippen LogP contribution in [0.15, 0.2) is 41.3 Å². The Labute approximate surface area is 230 Å². The number of benzene rings is 2. The highest BCUT2D eigenvalue weighted by Crippen LogP contribution is 2.33. The first-order valence-corrected chi connectivity index (χ1v) is 14.8. The van der Waals surface area contributed by atoms with E-state index in [1.54, 1.807) is 4.72 Å². The molecule has 2 aromatic rings. The first kappa shape index (κ1) is 29.1. The Morgan fingerprint density at radius 1 is 1.05 bits per heavy atom. The van der Waals surface area contributed by atoms with Crippen molar-refractivity contribution in [1.29, 1.82) is 0 Å². The van der Waals surface area contributed by atoms with E-state index in [1.165, 1.54) is 43.0 Å². The molecular formula is C26H30Cl2F3N3O3S. The summed E-state index contributed by atoms with van der Waals surface area (Å²) in [6, 6.07) is 6.76. The lowest BCUT2D eigenvalue weighted by atomic mass is 9.86. The standard InChI is InChI=1S/C26H30Cl2F3N3O3S/c27-20-7-5-8-21(28)25(20)38(36,37)33-23(26(29,30)31)15-24(35)32-22-9-4-6-18-14-17(10-11-19(18)22)16-34-12-2-1-3-13-34/h5,7-8,10-11,14,22-23,33H,1-4,6,9,12-13,15-16H2,(H,32,35)/t22-,23?/m1/s1. The van der Waals surface area contributed by atoms with Crippen molar-refractivity contribution >= 4 is 39.1 Å². The lowest BCUT2D eigenvalue weighted by molar-refractivity contribution is -0.158. The van der Waals surface area contributed by atoms with Gasteiger partial charge in [-0.05, 0) is 74.0 Å². The molecule has 0 radical (unpaired) electrons. The third kappa shape index (κ3) is 7.21. The van der Waals surface area contributed by atoms with Crippen molar-refractivity contribution in [3.05, 3.63) is 63.1 Å². The van der Waals surface area contributed by atoms with Crippen LogP contribution in [0.2, 0.25) is 10.0 Å². The molecule has 2 aliphatic rings. The van der Waals surface area contributed by atoms with Crippen molar-refractivity contribution in [2.24, 2.45) is 0 Å². The number of nitrogens with zero attached hydrogens (tertiary/aromatic N) is 1.